The van der Waals surface area contributed by atoms with Crippen LogP contribution in [0.15, 0.2) is 36.4 Å². The number of halogens is 1. The van der Waals surface area contributed by atoms with E-state index in [0.29, 0.717) is 6.54 Å². The Balaban J connectivity index is 2.33. The smallest absolute Gasteiger partial charge is 0.0406 e. The fraction of sp³-hybridized carbons (Fsp3) is 0.286. The molecule has 1 aromatic carbocycles. The summed E-state index contributed by atoms with van der Waals surface area (Å²) < 4.78 is 0. The Morgan fingerprint density at radius 1 is 1.12 bits per heavy atom. The van der Waals surface area contributed by atoms with Gasteiger partial charge in [-0.1, -0.05) is 37.6 Å². The fourth-order valence-corrected chi connectivity index (χ4v) is 2.82. The Morgan fingerprint density at radius 3 is 2.35 bits per heavy atom. The molecule has 17 heavy (non-hydrogen) atoms. The molecule has 0 atom stereocenters. The zero-order valence-electron chi connectivity index (χ0n) is 10.0. The molecule has 0 unspecified atom stereocenters. The first kappa shape index (κ1) is 12.6. The molecule has 0 saturated carbocycles. The predicted molar refractivity (Wildman–Crippen MR) is 76.8 cm³/mol. The van der Waals surface area contributed by atoms with Crippen LogP contribution in [0.25, 0.3) is 10.4 Å². The Kier molecular flexibility index (Phi) is 3.57. The van der Waals surface area contributed by atoms with Crippen LogP contribution in [0.5, 0.6) is 0 Å². The van der Waals surface area contributed by atoms with Gasteiger partial charge in [-0.2, -0.15) is 0 Å². The number of hydrogen-bond donors (Lipinski definition) is 1. The highest BCUT2D eigenvalue weighted by Gasteiger charge is 2.20. The molecule has 3 heteroatoms. The minimum absolute atomic E-state index is 0.0509. The van der Waals surface area contributed by atoms with Crippen molar-refractivity contribution in [1.29, 1.82) is 0 Å². The van der Waals surface area contributed by atoms with Crippen LogP contribution in [-0.4, -0.2) is 6.54 Å². The second kappa shape index (κ2) is 4.81. The fourth-order valence-electron chi connectivity index (χ4n) is 1.57. The molecule has 0 bridgehead atoms. The summed E-state index contributed by atoms with van der Waals surface area (Å²) in [5.74, 6) is 0. The molecule has 0 fully saturated rings. The van der Waals surface area contributed by atoms with Gasteiger partial charge in [0, 0.05) is 26.7 Å². The van der Waals surface area contributed by atoms with Crippen LogP contribution in [0.2, 0.25) is 5.02 Å². The Hall–Kier alpha value is -0.830. The molecule has 1 heterocycles. The molecule has 0 radical (unpaired) electrons. The van der Waals surface area contributed by atoms with Crippen LogP contribution in [0.1, 0.15) is 18.7 Å². The molecule has 2 N–H and O–H groups in total. The van der Waals surface area contributed by atoms with E-state index in [4.69, 9.17) is 17.3 Å². The van der Waals surface area contributed by atoms with E-state index in [2.05, 4.69) is 26.0 Å². The molecule has 2 aromatic rings. The molecule has 90 valence electrons. The van der Waals surface area contributed by atoms with Crippen LogP contribution >= 0.6 is 22.9 Å². The lowest BCUT2D eigenvalue weighted by Gasteiger charge is -2.20. The Labute approximate surface area is 111 Å². The lowest BCUT2D eigenvalue weighted by Crippen LogP contribution is -2.26. The Bertz CT molecular complexity index is 499. The van der Waals surface area contributed by atoms with Crippen molar-refractivity contribution in [2.24, 2.45) is 5.73 Å². The molecule has 0 aliphatic heterocycles. The summed E-state index contributed by atoms with van der Waals surface area (Å²) in [5, 5.41) is 0.771. The second-order valence-corrected chi connectivity index (χ2v) is 6.28. The molecule has 1 aromatic heterocycles. The van der Waals surface area contributed by atoms with E-state index in [1.54, 1.807) is 11.3 Å². The number of thiophene rings is 1. The molecule has 0 aliphatic rings. The largest absolute Gasteiger partial charge is 0.330 e. The first-order valence-corrected chi connectivity index (χ1v) is 6.79. The van der Waals surface area contributed by atoms with Crippen LogP contribution in [0.3, 0.4) is 0 Å². The molecular weight excluding hydrogens is 250 g/mol. The van der Waals surface area contributed by atoms with Crippen molar-refractivity contribution >= 4 is 22.9 Å². The van der Waals surface area contributed by atoms with Crippen molar-refractivity contribution in [2.75, 3.05) is 6.54 Å². The summed E-state index contributed by atoms with van der Waals surface area (Å²) in [6.45, 7) is 5.00. The predicted octanol–water partition coefficient (Wildman–Crippen LogP) is 4.30. The highest BCUT2D eigenvalue weighted by atomic mass is 35.5. The van der Waals surface area contributed by atoms with Gasteiger partial charge in [0.25, 0.3) is 0 Å². The van der Waals surface area contributed by atoms with Gasteiger partial charge in [0.05, 0.1) is 0 Å². The molecular formula is C14H16ClNS. The number of hydrogen-bond acceptors (Lipinski definition) is 2. The normalized spacial score (nSPS) is 11.8. The van der Waals surface area contributed by atoms with Crippen molar-refractivity contribution in [3.8, 4) is 10.4 Å². The summed E-state index contributed by atoms with van der Waals surface area (Å²) in [5.41, 5.74) is 7.05. The van der Waals surface area contributed by atoms with Crippen LogP contribution in [0.4, 0.5) is 0 Å². The zero-order valence-corrected chi connectivity index (χ0v) is 11.6. The van der Waals surface area contributed by atoms with Gasteiger partial charge in [-0.3, -0.25) is 0 Å². The van der Waals surface area contributed by atoms with E-state index in [-0.39, 0.29) is 5.41 Å². The van der Waals surface area contributed by atoms with Crippen LogP contribution in [-0.2, 0) is 5.41 Å². The summed E-state index contributed by atoms with van der Waals surface area (Å²) in [4.78, 5) is 2.59. The maximum atomic E-state index is 5.89. The molecule has 0 amide bonds. The van der Waals surface area contributed by atoms with E-state index in [1.165, 1.54) is 15.3 Å². The zero-order chi connectivity index (χ0) is 12.5. The van der Waals surface area contributed by atoms with Gasteiger partial charge in [-0.15, -0.1) is 11.3 Å². The van der Waals surface area contributed by atoms with E-state index in [1.807, 2.05) is 24.3 Å². The SMILES string of the molecule is CC(C)(CN)c1ccc(-c2ccc(Cl)cc2)s1. The summed E-state index contributed by atoms with van der Waals surface area (Å²) >= 11 is 7.69. The molecule has 2 rings (SSSR count). The van der Waals surface area contributed by atoms with Gasteiger partial charge in [0.15, 0.2) is 0 Å². The van der Waals surface area contributed by atoms with Gasteiger partial charge in [-0.05, 0) is 29.8 Å². The minimum Gasteiger partial charge on any atom is -0.330 e. The van der Waals surface area contributed by atoms with Crippen molar-refractivity contribution in [3.63, 3.8) is 0 Å². The first-order valence-electron chi connectivity index (χ1n) is 5.59. The number of nitrogens with two attached hydrogens (primary N) is 1. The third kappa shape index (κ3) is 2.71. The highest BCUT2D eigenvalue weighted by molar-refractivity contribution is 7.15. The lowest BCUT2D eigenvalue weighted by molar-refractivity contribution is 0.550. The van der Waals surface area contributed by atoms with Crippen molar-refractivity contribution < 1.29 is 0 Å². The van der Waals surface area contributed by atoms with Crippen molar-refractivity contribution in [3.05, 3.63) is 46.3 Å². The van der Waals surface area contributed by atoms with Gasteiger partial charge in [0.1, 0.15) is 0 Å². The van der Waals surface area contributed by atoms with E-state index in [9.17, 15) is 0 Å². The maximum Gasteiger partial charge on any atom is 0.0406 e. The summed E-state index contributed by atoms with van der Waals surface area (Å²) in [6, 6.07) is 12.3. The average Bonchev–Trinajstić information content (AvgIpc) is 2.80. The standard InChI is InChI=1S/C14H16ClNS/c1-14(2,9-16)13-8-7-12(17-13)10-3-5-11(15)6-4-10/h3-8H,9,16H2,1-2H3. The average molecular weight is 266 g/mol. The van der Waals surface area contributed by atoms with Crippen molar-refractivity contribution in [1.82, 2.24) is 0 Å². The molecule has 1 nitrogen and oxygen atoms in total. The first-order chi connectivity index (χ1) is 8.03. The summed E-state index contributed by atoms with van der Waals surface area (Å²) in [6.07, 6.45) is 0. The third-order valence-corrected chi connectivity index (χ3v) is 4.66. The van der Waals surface area contributed by atoms with E-state index >= 15 is 0 Å². The monoisotopic (exact) mass is 265 g/mol. The van der Waals surface area contributed by atoms with Crippen LogP contribution in [0, 0.1) is 0 Å². The second-order valence-electron chi connectivity index (χ2n) is 4.76. The lowest BCUT2D eigenvalue weighted by atomic mass is 9.92. The minimum atomic E-state index is 0.0509. The summed E-state index contributed by atoms with van der Waals surface area (Å²) in [7, 11) is 0. The maximum absolute atomic E-state index is 5.89. The van der Waals surface area contributed by atoms with Gasteiger partial charge in [-0.25, -0.2) is 0 Å². The van der Waals surface area contributed by atoms with E-state index in [0.717, 1.165) is 5.02 Å². The number of rotatable bonds is 3. The van der Waals surface area contributed by atoms with E-state index < -0.39 is 0 Å². The highest BCUT2D eigenvalue weighted by Crippen LogP contribution is 2.35. The van der Waals surface area contributed by atoms with Gasteiger partial charge in [0.2, 0.25) is 0 Å². The molecule has 0 saturated heterocycles. The molecule has 0 aliphatic carbocycles. The van der Waals surface area contributed by atoms with Crippen molar-refractivity contribution in [2.45, 2.75) is 19.3 Å². The van der Waals surface area contributed by atoms with Gasteiger partial charge >= 0.3 is 0 Å². The quantitative estimate of drug-likeness (QED) is 0.880. The van der Waals surface area contributed by atoms with Gasteiger partial charge < -0.3 is 5.73 Å². The number of benzene rings is 1. The topological polar surface area (TPSA) is 26.0 Å². The Morgan fingerprint density at radius 2 is 1.76 bits per heavy atom. The molecule has 0 spiro atoms. The van der Waals surface area contributed by atoms with Crippen LogP contribution < -0.4 is 5.73 Å². The third-order valence-electron chi connectivity index (χ3n) is 2.91.